The summed E-state index contributed by atoms with van der Waals surface area (Å²) in [4.78, 5) is 57.0. The predicted molar refractivity (Wildman–Crippen MR) is 130 cm³/mol. The molecule has 0 bridgehead atoms. The van der Waals surface area contributed by atoms with E-state index in [2.05, 4.69) is 15.6 Å². The van der Waals surface area contributed by atoms with Crippen LogP contribution in [0.15, 0.2) is 24.5 Å². The van der Waals surface area contributed by atoms with Crippen molar-refractivity contribution in [3.63, 3.8) is 0 Å². The molecule has 0 radical (unpaired) electrons. The maximum absolute atomic E-state index is 13.3. The van der Waals surface area contributed by atoms with Gasteiger partial charge in [-0.2, -0.15) is 0 Å². The summed E-state index contributed by atoms with van der Waals surface area (Å²) < 4.78 is 9.75. The summed E-state index contributed by atoms with van der Waals surface area (Å²) in [5, 5.41) is 5.64. The van der Waals surface area contributed by atoms with Crippen molar-refractivity contribution < 1.29 is 28.7 Å². The second-order valence-electron chi connectivity index (χ2n) is 9.65. The molecular formula is C25H38N4O6. The molecule has 0 saturated carbocycles. The van der Waals surface area contributed by atoms with Crippen LogP contribution in [0, 0.1) is 11.8 Å². The maximum atomic E-state index is 13.3. The van der Waals surface area contributed by atoms with Gasteiger partial charge in [-0.25, -0.2) is 9.59 Å². The molecule has 1 aliphatic rings. The highest BCUT2D eigenvalue weighted by Crippen LogP contribution is 2.31. The molecule has 0 spiro atoms. The first kappa shape index (κ1) is 28.1. The summed E-state index contributed by atoms with van der Waals surface area (Å²) in [5.41, 5.74) is 0.648. The van der Waals surface area contributed by atoms with Crippen LogP contribution in [0.1, 0.15) is 53.4 Å². The fourth-order valence-electron chi connectivity index (χ4n) is 4.39. The largest absolute Gasteiger partial charge is 0.467 e. The lowest BCUT2D eigenvalue weighted by molar-refractivity contribution is -0.145. The van der Waals surface area contributed by atoms with E-state index in [1.54, 1.807) is 29.4 Å². The van der Waals surface area contributed by atoms with Gasteiger partial charge in [-0.3, -0.25) is 14.6 Å². The van der Waals surface area contributed by atoms with E-state index in [1.807, 2.05) is 27.7 Å². The lowest BCUT2D eigenvalue weighted by Crippen LogP contribution is -2.55. The lowest BCUT2D eigenvalue weighted by atomic mass is 10.0. The van der Waals surface area contributed by atoms with Crippen LogP contribution in [0.5, 0.6) is 0 Å². The molecular weight excluding hydrogens is 452 g/mol. The third-order valence-corrected chi connectivity index (χ3v) is 5.97. The first-order valence-electron chi connectivity index (χ1n) is 12.0. The first-order chi connectivity index (χ1) is 16.6. The summed E-state index contributed by atoms with van der Waals surface area (Å²) in [5.74, 6) is -1.42. The molecule has 1 aromatic rings. The molecule has 2 heterocycles. The molecule has 1 fully saturated rings. The van der Waals surface area contributed by atoms with Crippen molar-refractivity contribution in [3.05, 3.63) is 24.5 Å². The highest BCUT2D eigenvalue weighted by molar-refractivity contribution is 5.95. The molecule has 0 unspecified atom stereocenters. The van der Waals surface area contributed by atoms with Crippen LogP contribution >= 0.6 is 0 Å². The number of amides is 2. The zero-order valence-electron chi connectivity index (χ0n) is 21.4. The Hall–Kier alpha value is -3.17. The fraction of sp³-hybridized carbons (Fsp3) is 0.640. The Morgan fingerprint density at radius 1 is 0.857 bits per heavy atom. The Kier molecular flexibility index (Phi) is 10.5. The molecule has 35 heavy (non-hydrogen) atoms. The van der Waals surface area contributed by atoms with Gasteiger partial charge in [0.15, 0.2) is 0 Å². The molecule has 1 aliphatic heterocycles. The van der Waals surface area contributed by atoms with Crippen LogP contribution in [0.2, 0.25) is 0 Å². The average Bonchev–Trinajstić information content (AvgIpc) is 3.27. The zero-order valence-corrected chi connectivity index (χ0v) is 21.4. The van der Waals surface area contributed by atoms with Gasteiger partial charge in [-0.1, -0.05) is 27.7 Å². The van der Waals surface area contributed by atoms with Gasteiger partial charge < -0.3 is 25.0 Å². The van der Waals surface area contributed by atoms with Crippen molar-refractivity contribution in [2.75, 3.05) is 19.1 Å². The number of carbonyl (C=O) groups excluding carboxylic acids is 4. The Bertz CT molecular complexity index is 824. The summed E-state index contributed by atoms with van der Waals surface area (Å²) in [7, 11) is 2.58. The zero-order chi connectivity index (χ0) is 26.1. The standard InChI is InChI=1S/C25H38N4O6/c1-15(2)13-18(24(32)34-5)27-22(30)20-7-8-21(29(20)17-9-11-26-12-10-17)23(31)28-19(14-16(3)4)25(33)35-6/h9-12,15-16,18-21H,7-8,13-14H2,1-6H3,(H,27,30)(H,28,31)/t18-,19-,20-,21-/m0/s1. The molecule has 1 saturated heterocycles. The fourth-order valence-corrected chi connectivity index (χ4v) is 4.39. The van der Waals surface area contributed by atoms with E-state index in [4.69, 9.17) is 9.47 Å². The van der Waals surface area contributed by atoms with Gasteiger partial charge in [0.25, 0.3) is 0 Å². The quantitative estimate of drug-likeness (QED) is 0.450. The highest BCUT2D eigenvalue weighted by atomic mass is 16.5. The van der Waals surface area contributed by atoms with Crippen molar-refractivity contribution >= 4 is 29.4 Å². The van der Waals surface area contributed by atoms with E-state index in [0.717, 1.165) is 0 Å². The third kappa shape index (κ3) is 7.66. The van der Waals surface area contributed by atoms with Crippen LogP contribution in [-0.2, 0) is 28.7 Å². The molecule has 194 valence electrons. The van der Waals surface area contributed by atoms with Gasteiger partial charge in [0.1, 0.15) is 24.2 Å². The first-order valence-corrected chi connectivity index (χ1v) is 12.0. The molecule has 4 atom stereocenters. The molecule has 2 N–H and O–H groups in total. The average molecular weight is 491 g/mol. The number of aromatic nitrogens is 1. The number of nitrogens with zero attached hydrogens (tertiary/aromatic N) is 2. The number of methoxy groups -OCH3 is 2. The second kappa shape index (κ2) is 13.1. The van der Waals surface area contributed by atoms with E-state index < -0.39 is 36.1 Å². The summed E-state index contributed by atoms with van der Waals surface area (Å²) in [6.07, 6.45) is 4.83. The Labute approximate surface area is 207 Å². The maximum Gasteiger partial charge on any atom is 0.328 e. The Morgan fingerprint density at radius 3 is 1.60 bits per heavy atom. The highest BCUT2D eigenvalue weighted by Gasteiger charge is 2.43. The van der Waals surface area contributed by atoms with E-state index in [-0.39, 0.29) is 23.7 Å². The second-order valence-corrected chi connectivity index (χ2v) is 9.65. The van der Waals surface area contributed by atoms with E-state index in [1.165, 1.54) is 14.2 Å². The van der Waals surface area contributed by atoms with E-state index in [0.29, 0.717) is 31.4 Å². The minimum Gasteiger partial charge on any atom is -0.467 e. The van der Waals surface area contributed by atoms with Crippen LogP contribution in [0.4, 0.5) is 5.69 Å². The Balaban J connectivity index is 2.29. The number of rotatable bonds is 11. The van der Waals surface area contributed by atoms with Crippen molar-refractivity contribution in [1.82, 2.24) is 15.6 Å². The number of anilines is 1. The minimum atomic E-state index is -0.783. The van der Waals surface area contributed by atoms with Crippen LogP contribution in [0.25, 0.3) is 0 Å². The number of hydrogen-bond donors (Lipinski definition) is 2. The summed E-state index contributed by atoms with van der Waals surface area (Å²) in [6, 6.07) is 0.514. The minimum absolute atomic E-state index is 0.161. The van der Waals surface area contributed by atoms with Crippen molar-refractivity contribution in [3.8, 4) is 0 Å². The molecule has 10 nitrogen and oxygen atoms in total. The van der Waals surface area contributed by atoms with Crippen molar-refractivity contribution in [2.24, 2.45) is 11.8 Å². The van der Waals surface area contributed by atoms with Crippen molar-refractivity contribution in [1.29, 1.82) is 0 Å². The molecule has 0 aromatic carbocycles. The third-order valence-electron chi connectivity index (χ3n) is 5.97. The van der Waals surface area contributed by atoms with Crippen LogP contribution < -0.4 is 15.5 Å². The van der Waals surface area contributed by atoms with Crippen LogP contribution in [0.3, 0.4) is 0 Å². The number of ether oxygens (including phenoxy) is 2. The molecule has 1 aromatic heterocycles. The van der Waals surface area contributed by atoms with Crippen LogP contribution in [-0.4, -0.2) is 67.1 Å². The number of hydrogen-bond acceptors (Lipinski definition) is 8. The lowest BCUT2D eigenvalue weighted by Gasteiger charge is -2.32. The van der Waals surface area contributed by atoms with E-state index >= 15 is 0 Å². The summed E-state index contributed by atoms with van der Waals surface area (Å²) in [6.45, 7) is 7.82. The normalized spacial score (nSPS) is 19.3. The molecule has 2 rings (SSSR count). The number of pyridine rings is 1. The predicted octanol–water partition coefficient (Wildman–Crippen LogP) is 1.83. The van der Waals surface area contributed by atoms with Gasteiger partial charge in [-0.15, -0.1) is 0 Å². The Morgan fingerprint density at radius 2 is 1.26 bits per heavy atom. The van der Waals surface area contributed by atoms with Gasteiger partial charge in [-0.05, 0) is 49.7 Å². The molecule has 10 heteroatoms. The number of carbonyl (C=O) groups is 4. The van der Waals surface area contributed by atoms with Gasteiger partial charge >= 0.3 is 11.9 Å². The number of esters is 2. The van der Waals surface area contributed by atoms with Gasteiger partial charge in [0, 0.05) is 18.1 Å². The monoisotopic (exact) mass is 490 g/mol. The molecule has 0 aliphatic carbocycles. The van der Waals surface area contributed by atoms with Gasteiger partial charge in [0.2, 0.25) is 11.8 Å². The smallest absolute Gasteiger partial charge is 0.328 e. The SMILES string of the molecule is COC(=O)[C@H](CC(C)C)NC(=O)[C@@H]1CC[C@@H](C(=O)N[C@@H](CC(C)C)C(=O)OC)N1c1ccncc1. The topological polar surface area (TPSA) is 127 Å². The molecule has 2 amide bonds. The van der Waals surface area contributed by atoms with Crippen molar-refractivity contribution in [2.45, 2.75) is 77.5 Å². The van der Waals surface area contributed by atoms with E-state index in [9.17, 15) is 19.2 Å². The van der Waals surface area contributed by atoms with Gasteiger partial charge in [0.05, 0.1) is 14.2 Å². The summed E-state index contributed by atoms with van der Waals surface area (Å²) >= 11 is 0. The number of nitrogens with one attached hydrogen (secondary N) is 2.